The Labute approximate surface area is 189 Å². The fraction of sp³-hybridized carbons (Fsp3) is 0.407. The lowest BCUT2D eigenvalue weighted by molar-refractivity contribution is -0.131. The normalized spacial score (nSPS) is 18.5. The van der Waals surface area contributed by atoms with E-state index in [0.29, 0.717) is 23.9 Å². The van der Waals surface area contributed by atoms with E-state index in [4.69, 9.17) is 0 Å². The number of aromatic amines is 1. The van der Waals surface area contributed by atoms with E-state index in [2.05, 4.69) is 37.0 Å². The summed E-state index contributed by atoms with van der Waals surface area (Å²) < 4.78 is 0. The molecular weight excluding hydrogens is 398 g/mol. The highest BCUT2D eigenvalue weighted by Gasteiger charge is 2.37. The minimum atomic E-state index is 0.0679. The molecule has 5 heteroatoms. The zero-order chi connectivity index (χ0) is 22.2. The maximum atomic E-state index is 13.4. The predicted octanol–water partition coefficient (Wildman–Crippen LogP) is 4.94. The molecule has 2 aliphatic rings. The van der Waals surface area contributed by atoms with Crippen LogP contribution in [0.1, 0.15) is 43.5 Å². The monoisotopic (exact) mass is 429 g/mol. The van der Waals surface area contributed by atoms with Crippen molar-refractivity contribution in [3.05, 3.63) is 60.3 Å². The highest BCUT2D eigenvalue weighted by molar-refractivity contribution is 5.97. The summed E-state index contributed by atoms with van der Waals surface area (Å²) in [6.07, 6.45) is 5.03. The number of hydrogen-bond acceptors (Lipinski definition) is 2. The molecule has 32 heavy (non-hydrogen) atoms. The summed E-state index contributed by atoms with van der Waals surface area (Å²) in [5.41, 5.74) is 4.09. The molecule has 0 bridgehead atoms. The van der Waals surface area contributed by atoms with Crippen molar-refractivity contribution in [3.8, 4) is 11.1 Å². The zero-order valence-electron chi connectivity index (χ0n) is 18.9. The van der Waals surface area contributed by atoms with Gasteiger partial charge in [0.05, 0.1) is 0 Å². The van der Waals surface area contributed by atoms with Crippen molar-refractivity contribution in [1.29, 1.82) is 0 Å². The number of carbonyl (C=O) groups excluding carboxylic acids is 2. The van der Waals surface area contributed by atoms with Gasteiger partial charge in [0.1, 0.15) is 0 Å². The van der Waals surface area contributed by atoms with Crippen molar-refractivity contribution in [2.45, 2.75) is 39.2 Å². The molecule has 1 atom stereocenters. The maximum absolute atomic E-state index is 13.4. The molecule has 5 rings (SSSR count). The first-order valence-corrected chi connectivity index (χ1v) is 11.8. The van der Waals surface area contributed by atoms with Gasteiger partial charge in [-0.2, -0.15) is 0 Å². The Morgan fingerprint density at radius 3 is 2.56 bits per heavy atom. The van der Waals surface area contributed by atoms with Gasteiger partial charge in [0.15, 0.2) is 0 Å². The quantitative estimate of drug-likeness (QED) is 0.603. The fourth-order valence-electron chi connectivity index (χ4n) is 4.87. The zero-order valence-corrected chi connectivity index (χ0v) is 18.9. The van der Waals surface area contributed by atoms with Gasteiger partial charge in [-0.15, -0.1) is 0 Å². The number of benzene rings is 2. The number of carbonyl (C=O) groups is 2. The minimum Gasteiger partial charge on any atom is -0.361 e. The Morgan fingerprint density at radius 1 is 1.06 bits per heavy atom. The van der Waals surface area contributed by atoms with Crippen LogP contribution in [0, 0.1) is 11.8 Å². The van der Waals surface area contributed by atoms with Gasteiger partial charge >= 0.3 is 0 Å². The van der Waals surface area contributed by atoms with Crippen LogP contribution >= 0.6 is 0 Å². The number of fused-ring (bicyclic) bond motifs is 1. The van der Waals surface area contributed by atoms with Crippen LogP contribution in [0.25, 0.3) is 22.0 Å². The predicted molar refractivity (Wildman–Crippen MR) is 127 cm³/mol. The molecule has 2 amide bonds. The molecule has 166 valence electrons. The van der Waals surface area contributed by atoms with Crippen molar-refractivity contribution >= 4 is 22.7 Å². The standard InChI is InChI=1S/C27H31N3O2/c1-18(2)30(17-19-13-15-29(16-19)26(31)21-10-11-21)27(32)22-8-6-20(7-9-22)23-4-3-5-25-24(23)12-14-28-25/h3-9,12,14,18-19,21,28H,10-11,13,15-17H2,1-2H3. The number of nitrogens with one attached hydrogen (secondary N) is 1. The Hall–Kier alpha value is -3.08. The summed E-state index contributed by atoms with van der Waals surface area (Å²) >= 11 is 0. The third kappa shape index (κ3) is 4.04. The van der Waals surface area contributed by atoms with Crippen LogP contribution in [0.5, 0.6) is 0 Å². The lowest BCUT2D eigenvalue weighted by Gasteiger charge is -2.30. The molecule has 3 aromatic rings. The molecule has 1 unspecified atom stereocenters. The number of H-pyrrole nitrogens is 1. The van der Waals surface area contributed by atoms with Crippen LogP contribution in [0.2, 0.25) is 0 Å². The fourth-order valence-corrected chi connectivity index (χ4v) is 4.87. The lowest BCUT2D eigenvalue weighted by Crippen LogP contribution is -2.41. The Balaban J connectivity index is 1.29. The van der Waals surface area contributed by atoms with Crippen LogP contribution in [-0.2, 0) is 4.79 Å². The number of nitrogens with zero attached hydrogens (tertiary/aromatic N) is 2. The van der Waals surface area contributed by atoms with Crippen LogP contribution in [-0.4, -0.2) is 52.3 Å². The van der Waals surface area contributed by atoms with Gasteiger partial charge in [-0.3, -0.25) is 9.59 Å². The van der Waals surface area contributed by atoms with Gasteiger partial charge in [0.25, 0.3) is 5.91 Å². The van der Waals surface area contributed by atoms with Gasteiger partial charge in [0.2, 0.25) is 5.91 Å². The Morgan fingerprint density at radius 2 is 1.84 bits per heavy atom. The van der Waals surface area contributed by atoms with E-state index in [9.17, 15) is 9.59 Å². The van der Waals surface area contributed by atoms with Crippen molar-refractivity contribution in [3.63, 3.8) is 0 Å². The van der Waals surface area contributed by atoms with Crippen molar-refractivity contribution in [2.24, 2.45) is 11.8 Å². The van der Waals surface area contributed by atoms with E-state index in [0.717, 1.165) is 49.0 Å². The summed E-state index contributed by atoms with van der Waals surface area (Å²) in [5, 5.41) is 1.18. The van der Waals surface area contributed by atoms with Gasteiger partial charge < -0.3 is 14.8 Å². The maximum Gasteiger partial charge on any atom is 0.254 e. The summed E-state index contributed by atoms with van der Waals surface area (Å²) in [6, 6.07) is 16.4. The third-order valence-electron chi connectivity index (χ3n) is 6.90. The van der Waals surface area contributed by atoms with E-state index < -0.39 is 0 Å². The molecule has 1 aliphatic carbocycles. The van der Waals surface area contributed by atoms with E-state index in [1.165, 1.54) is 5.39 Å². The van der Waals surface area contributed by atoms with E-state index >= 15 is 0 Å². The molecule has 0 radical (unpaired) electrons. The van der Waals surface area contributed by atoms with Crippen LogP contribution < -0.4 is 0 Å². The van der Waals surface area contributed by atoms with Crippen LogP contribution in [0.15, 0.2) is 54.7 Å². The number of hydrogen-bond donors (Lipinski definition) is 1. The molecule has 2 heterocycles. The van der Waals surface area contributed by atoms with Crippen molar-refractivity contribution < 1.29 is 9.59 Å². The SMILES string of the molecule is CC(C)N(CC1CCN(C(=O)C2CC2)C1)C(=O)c1ccc(-c2cccc3[nH]ccc23)cc1. The molecule has 0 spiro atoms. The summed E-state index contributed by atoms with van der Waals surface area (Å²) in [7, 11) is 0. The Bertz CT molecular complexity index is 1130. The molecule has 1 saturated heterocycles. The number of rotatable bonds is 6. The molecular formula is C27H31N3O2. The second-order valence-electron chi connectivity index (χ2n) is 9.59. The molecule has 1 aromatic heterocycles. The Kier molecular flexibility index (Phi) is 5.50. The number of aromatic nitrogens is 1. The summed E-state index contributed by atoms with van der Waals surface area (Å²) in [6.45, 7) is 6.46. The summed E-state index contributed by atoms with van der Waals surface area (Å²) in [4.78, 5) is 33.0. The third-order valence-corrected chi connectivity index (χ3v) is 6.90. The van der Waals surface area contributed by atoms with Crippen LogP contribution in [0.4, 0.5) is 0 Å². The van der Waals surface area contributed by atoms with E-state index in [-0.39, 0.29) is 17.9 Å². The molecule has 2 aromatic carbocycles. The largest absolute Gasteiger partial charge is 0.361 e. The smallest absolute Gasteiger partial charge is 0.254 e. The average Bonchev–Trinajstić information content (AvgIpc) is 3.35. The second-order valence-corrected chi connectivity index (χ2v) is 9.59. The first kappa shape index (κ1) is 20.8. The van der Waals surface area contributed by atoms with Crippen molar-refractivity contribution in [1.82, 2.24) is 14.8 Å². The second kappa shape index (κ2) is 8.45. The van der Waals surface area contributed by atoms with Gasteiger partial charge in [-0.1, -0.05) is 24.3 Å². The first-order chi connectivity index (χ1) is 15.5. The van der Waals surface area contributed by atoms with Crippen LogP contribution in [0.3, 0.4) is 0 Å². The minimum absolute atomic E-state index is 0.0679. The lowest BCUT2D eigenvalue weighted by atomic mass is 10.00. The number of amides is 2. The topological polar surface area (TPSA) is 56.4 Å². The molecule has 1 N–H and O–H groups in total. The molecule has 5 nitrogen and oxygen atoms in total. The summed E-state index contributed by atoms with van der Waals surface area (Å²) in [5.74, 6) is 1.02. The number of likely N-dealkylation sites (tertiary alicyclic amines) is 1. The molecule has 1 saturated carbocycles. The van der Waals surface area contributed by atoms with Gasteiger partial charge in [-0.05, 0) is 74.4 Å². The average molecular weight is 430 g/mol. The molecule has 1 aliphatic heterocycles. The first-order valence-electron chi connectivity index (χ1n) is 11.8. The molecule has 2 fully saturated rings. The van der Waals surface area contributed by atoms with E-state index in [1.807, 2.05) is 46.3 Å². The van der Waals surface area contributed by atoms with Gasteiger partial charge in [-0.25, -0.2) is 0 Å². The van der Waals surface area contributed by atoms with E-state index in [1.54, 1.807) is 0 Å². The van der Waals surface area contributed by atoms with Gasteiger partial charge in [0, 0.05) is 54.3 Å². The van der Waals surface area contributed by atoms with Crippen molar-refractivity contribution in [2.75, 3.05) is 19.6 Å². The highest BCUT2D eigenvalue weighted by Crippen LogP contribution is 2.33. The highest BCUT2D eigenvalue weighted by atomic mass is 16.2.